The van der Waals surface area contributed by atoms with Crippen molar-refractivity contribution >= 4 is 17.6 Å². The number of nitrogens with zero attached hydrogens (tertiary/aromatic N) is 3. The molecule has 0 radical (unpaired) electrons. The second-order valence-corrected chi connectivity index (χ2v) is 8.55. The van der Waals surface area contributed by atoms with E-state index in [1.807, 2.05) is 19.9 Å². The van der Waals surface area contributed by atoms with E-state index in [4.69, 9.17) is 4.74 Å². The molecule has 30 heavy (non-hydrogen) atoms. The van der Waals surface area contributed by atoms with Gasteiger partial charge in [-0.25, -0.2) is 4.79 Å². The maximum Gasteiger partial charge on any atom is 0.340 e. The average Bonchev–Trinajstić information content (AvgIpc) is 3.52. The molecule has 6 heteroatoms. The molecule has 1 aliphatic carbocycles. The highest BCUT2D eigenvalue weighted by molar-refractivity contribution is 5.92. The zero-order valence-corrected chi connectivity index (χ0v) is 18.4. The predicted molar refractivity (Wildman–Crippen MR) is 117 cm³/mol. The fraction of sp³-hybridized carbons (Fsp3) is 0.500. The number of amides is 1. The molecule has 2 aliphatic rings. The minimum Gasteiger partial charge on any atom is -0.452 e. The number of benzene rings is 1. The Hall–Kier alpha value is -2.76. The Morgan fingerprint density at radius 2 is 1.73 bits per heavy atom. The van der Waals surface area contributed by atoms with Gasteiger partial charge in [0.25, 0.3) is 5.91 Å². The molecular weight excluding hydrogens is 378 g/mol. The molecule has 1 aromatic heterocycles. The number of aryl methyl sites for hydroxylation is 2. The lowest BCUT2D eigenvalue weighted by atomic mass is 10.1. The summed E-state index contributed by atoms with van der Waals surface area (Å²) in [4.78, 5) is 29.3. The third-order valence-corrected chi connectivity index (χ3v) is 6.49. The van der Waals surface area contributed by atoms with Crippen LogP contribution in [0.5, 0.6) is 0 Å². The molecular formula is C24H31N3O3. The number of ether oxygens (including phenoxy) is 1. The van der Waals surface area contributed by atoms with E-state index >= 15 is 0 Å². The molecule has 1 aromatic carbocycles. The summed E-state index contributed by atoms with van der Waals surface area (Å²) in [5.41, 5.74) is 6.39. The smallest absolute Gasteiger partial charge is 0.340 e. The largest absolute Gasteiger partial charge is 0.452 e. The number of carbonyl (C=O) groups excluding carboxylic acids is 2. The van der Waals surface area contributed by atoms with Crippen molar-refractivity contribution in [3.8, 4) is 0 Å². The van der Waals surface area contributed by atoms with Crippen LogP contribution in [0.1, 0.15) is 51.8 Å². The molecule has 4 rings (SSSR count). The lowest BCUT2D eigenvalue weighted by Gasteiger charge is -2.37. The van der Waals surface area contributed by atoms with Crippen molar-refractivity contribution in [1.29, 1.82) is 0 Å². The molecule has 6 nitrogen and oxygen atoms in total. The van der Waals surface area contributed by atoms with Crippen molar-refractivity contribution in [2.75, 3.05) is 37.7 Å². The SMILES string of the molecule is Cc1cccc(N2CCN(C(=O)COC(=O)c3cc(C)n(C4CC4)c3C)CC2)c1C. The molecule has 2 aromatic rings. The van der Waals surface area contributed by atoms with E-state index < -0.39 is 5.97 Å². The summed E-state index contributed by atoms with van der Waals surface area (Å²) < 4.78 is 7.59. The number of hydrogen-bond acceptors (Lipinski definition) is 4. The van der Waals surface area contributed by atoms with Crippen LogP contribution in [0.4, 0.5) is 5.69 Å². The molecule has 1 saturated heterocycles. The number of carbonyl (C=O) groups is 2. The van der Waals surface area contributed by atoms with E-state index in [1.165, 1.54) is 16.8 Å². The van der Waals surface area contributed by atoms with Gasteiger partial charge >= 0.3 is 5.97 Å². The van der Waals surface area contributed by atoms with Gasteiger partial charge in [-0.3, -0.25) is 4.79 Å². The second kappa shape index (κ2) is 8.17. The Morgan fingerprint density at radius 3 is 2.40 bits per heavy atom. The number of aromatic nitrogens is 1. The molecule has 160 valence electrons. The lowest BCUT2D eigenvalue weighted by Crippen LogP contribution is -2.50. The maximum atomic E-state index is 12.6. The van der Waals surface area contributed by atoms with Gasteiger partial charge in [0.2, 0.25) is 0 Å². The number of piperazine rings is 1. The van der Waals surface area contributed by atoms with Crippen LogP contribution in [0.15, 0.2) is 24.3 Å². The van der Waals surface area contributed by atoms with Crippen LogP contribution >= 0.6 is 0 Å². The molecule has 2 heterocycles. The van der Waals surface area contributed by atoms with Crippen LogP contribution in [0.2, 0.25) is 0 Å². The van der Waals surface area contributed by atoms with E-state index in [0.29, 0.717) is 24.7 Å². The third-order valence-electron chi connectivity index (χ3n) is 6.49. The minimum atomic E-state index is -0.405. The summed E-state index contributed by atoms with van der Waals surface area (Å²) in [5.74, 6) is -0.530. The number of anilines is 1. The highest BCUT2D eigenvalue weighted by atomic mass is 16.5. The topological polar surface area (TPSA) is 54.8 Å². The van der Waals surface area contributed by atoms with Gasteiger partial charge in [0.15, 0.2) is 6.61 Å². The van der Waals surface area contributed by atoms with Gasteiger partial charge in [-0.15, -0.1) is 0 Å². The molecule has 0 unspecified atom stereocenters. The van der Waals surface area contributed by atoms with E-state index in [-0.39, 0.29) is 12.5 Å². The van der Waals surface area contributed by atoms with Gasteiger partial charge < -0.3 is 19.1 Å². The first-order valence-corrected chi connectivity index (χ1v) is 10.8. The molecule has 1 aliphatic heterocycles. The van der Waals surface area contributed by atoms with E-state index in [9.17, 15) is 9.59 Å². The summed E-state index contributed by atoms with van der Waals surface area (Å²) >= 11 is 0. The van der Waals surface area contributed by atoms with Crippen LogP contribution in [0.3, 0.4) is 0 Å². The lowest BCUT2D eigenvalue weighted by molar-refractivity contribution is -0.134. The first-order chi connectivity index (χ1) is 14.4. The van der Waals surface area contributed by atoms with Crippen LogP contribution in [0, 0.1) is 27.7 Å². The summed E-state index contributed by atoms with van der Waals surface area (Å²) in [6.07, 6.45) is 2.33. The van der Waals surface area contributed by atoms with Crippen molar-refractivity contribution in [3.63, 3.8) is 0 Å². The van der Waals surface area contributed by atoms with Crippen molar-refractivity contribution in [1.82, 2.24) is 9.47 Å². The molecule has 0 atom stereocenters. The Morgan fingerprint density at radius 1 is 1.03 bits per heavy atom. The Balaban J connectivity index is 1.31. The first-order valence-electron chi connectivity index (χ1n) is 10.8. The van der Waals surface area contributed by atoms with Gasteiger partial charge in [0.1, 0.15) is 0 Å². The van der Waals surface area contributed by atoms with Crippen LogP contribution in [-0.4, -0.2) is 54.1 Å². The summed E-state index contributed by atoms with van der Waals surface area (Å²) in [5, 5.41) is 0. The fourth-order valence-corrected chi connectivity index (χ4v) is 4.45. The molecule has 0 bridgehead atoms. The Bertz CT molecular complexity index is 966. The van der Waals surface area contributed by atoms with Crippen LogP contribution in [-0.2, 0) is 9.53 Å². The number of hydrogen-bond donors (Lipinski definition) is 0. The minimum absolute atomic E-state index is 0.125. The second-order valence-electron chi connectivity index (χ2n) is 8.55. The molecule has 0 N–H and O–H groups in total. The summed E-state index contributed by atoms with van der Waals surface area (Å²) in [7, 11) is 0. The quantitative estimate of drug-likeness (QED) is 0.709. The van der Waals surface area contributed by atoms with Crippen molar-refractivity contribution in [2.45, 2.75) is 46.6 Å². The predicted octanol–water partition coefficient (Wildman–Crippen LogP) is 3.56. The van der Waals surface area contributed by atoms with Gasteiger partial charge in [-0.05, 0) is 63.8 Å². The van der Waals surface area contributed by atoms with Crippen molar-refractivity contribution in [2.24, 2.45) is 0 Å². The molecule has 0 spiro atoms. The standard InChI is InChI=1S/C24H31N3O3/c1-16-6-5-7-22(18(16)3)25-10-12-26(13-11-25)23(28)15-30-24(29)21-14-17(2)27(19(21)4)20-8-9-20/h5-7,14,20H,8-13,15H2,1-4H3. The monoisotopic (exact) mass is 409 g/mol. The van der Waals surface area contributed by atoms with Gasteiger partial charge in [0.05, 0.1) is 5.56 Å². The number of esters is 1. The molecule has 2 fully saturated rings. The van der Waals surface area contributed by atoms with Gasteiger partial charge in [0, 0.05) is 49.3 Å². The first kappa shape index (κ1) is 20.5. The molecule has 1 amide bonds. The average molecular weight is 410 g/mol. The van der Waals surface area contributed by atoms with E-state index in [1.54, 1.807) is 4.90 Å². The third kappa shape index (κ3) is 3.95. The van der Waals surface area contributed by atoms with Gasteiger partial charge in [-0.2, -0.15) is 0 Å². The van der Waals surface area contributed by atoms with Gasteiger partial charge in [-0.1, -0.05) is 12.1 Å². The van der Waals surface area contributed by atoms with E-state index in [2.05, 4.69) is 41.5 Å². The maximum absolute atomic E-state index is 12.6. The molecule has 1 saturated carbocycles. The van der Waals surface area contributed by atoms with E-state index in [0.717, 1.165) is 37.3 Å². The Kier molecular flexibility index (Phi) is 5.58. The summed E-state index contributed by atoms with van der Waals surface area (Å²) in [6, 6.07) is 8.73. The summed E-state index contributed by atoms with van der Waals surface area (Å²) in [6.45, 7) is 10.9. The fourth-order valence-electron chi connectivity index (χ4n) is 4.45. The van der Waals surface area contributed by atoms with Crippen molar-refractivity contribution in [3.05, 3.63) is 52.3 Å². The van der Waals surface area contributed by atoms with Crippen LogP contribution < -0.4 is 4.90 Å². The zero-order valence-electron chi connectivity index (χ0n) is 18.4. The Labute approximate surface area is 178 Å². The zero-order chi connectivity index (χ0) is 21.4. The highest BCUT2D eigenvalue weighted by Crippen LogP contribution is 2.38. The highest BCUT2D eigenvalue weighted by Gasteiger charge is 2.29. The van der Waals surface area contributed by atoms with Crippen LogP contribution in [0.25, 0.3) is 0 Å². The normalized spacial score (nSPS) is 16.7. The van der Waals surface area contributed by atoms with Crippen molar-refractivity contribution < 1.29 is 14.3 Å². The number of rotatable bonds is 5.